The molecule has 2 aromatic carbocycles. The van der Waals surface area contributed by atoms with Gasteiger partial charge < -0.3 is 19.5 Å². The topological polar surface area (TPSA) is 99.9 Å². The number of benzene rings is 2. The summed E-state index contributed by atoms with van der Waals surface area (Å²) in [6.07, 6.45) is -2.23. The van der Waals surface area contributed by atoms with E-state index in [9.17, 15) is 9.59 Å². The van der Waals surface area contributed by atoms with Gasteiger partial charge in [0.15, 0.2) is 0 Å². The second kappa shape index (κ2) is 7.65. The average molecular weight is 332 g/mol. The van der Waals surface area contributed by atoms with Crippen LogP contribution in [-0.2, 0) is 14.3 Å². The van der Waals surface area contributed by atoms with Crippen LogP contribution in [0.1, 0.15) is 18.4 Å². The van der Waals surface area contributed by atoms with Gasteiger partial charge in [0.25, 0.3) is 0 Å². The molecule has 24 heavy (non-hydrogen) atoms. The molecule has 0 heterocycles. The second-order valence-electron chi connectivity index (χ2n) is 5.15. The van der Waals surface area contributed by atoms with Gasteiger partial charge in [0, 0.05) is 7.05 Å². The number of ether oxygens (including phenoxy) is 3. The summed E-state index contributed by atoms with van der Waals surface area (Å²) in [7, 11) is 2.99. The van der Waals surface area contributed by atoms with Gasteiger partial charge in [0.1, 0.15) is 5.75 Å². The normalized spacial score (nSPS) is 13.0. The number of hydrogen-bond acceptors (Lipinski definition) is 6. The summed E-state index contributed by atoms with van der Waals surface area (Å²) in [6.45, 7) is 1.69. The molecule has 0 aliphatic carbocycles. The number of hydrogen-bond donors (Lipinski definition) is 2. The van der Waals surface area contributed by atoms with Gasteiger partial charge in [-0.15, -0.1) is 0 Å². The number of esters is 1. The Morgan fingerprint density at radius 2 is 1.75 bits per heavy atom. The molecule has 0 aliphatic rings. The number of alkyl carbamates (subject to hydrolysis) is 1. The van der Waals surface area contributed by atoms with Crippen LogP contribution in [0, 0.1) is 0 Å². The monoisotopic (exact) mass is 332 g/mol. The van der Waals surface area contributed by atoms with E-state index in [2.05, 4.69) is 10.1 Å². The lowest BCUT2D eigenvalue weighted by molar-refractivity contribution is -0.168. The molecule has 0 bridgehead atoms. The highest BCUT2D eigenvalue weighted by Crippen LogP contribution is 2.25. The number of carbonyl (C=O) groups excluding carboxylic acids is 2. The van der Waals surface area contributed by atoms with Crippen molar-refractivity contribution in [2.45, 2.75) is 19.3 Å². The van der Waals surface area contributed by atoms with E-state index in [1.807, 2.05) is 36.4 Å². The Kier molecular flexibility index (Phi) is 5.59. The predicted octanol–water partition coefficient (Wildman–Crippen LogP) is 2.09. The number of nitrogens with two attached hydrogens (primary N) is 1. The first-order chi connectivity index (χ1) is 11.4. The third kappa shape index (κ3) is 4.14. The van der Waals surface area contributed by atoms with E-state index >= 15 is 0 Å². The van der Waals surface area contributed by atoms with Crippen molar-refractivity contribution in [1.29, 1.82) is 0 Å². The van der Waals surface area contributed by atoms with Crippen molar-refractivity contribution in [3.05, 3.63) is 42.0 Å². The number of rotatable bonds is 5. The maximum Gasteiger partial charge on any atom is 0.410 e. The van der Waals surface area contributed by atoms with Crippen LogP contribution in [0.25, 0.3) is 10.8 Å². The van der Waals surface area contributed by atoms with Gasteiger partial charge in [-0.3, -0.25) is 10.5 Å². The van der Waals surface area contributed by atoms with Crippen molar-refractivity contribution in [2.24, 2.45) is 5.73 Å². The van der Waals surface area contributed by atoms with Crippen LogP contribution in [0.4, 0.5) is 4.79 Å². The summed E-state index contributed by atoms with van der Waals surface area (Å²) in [4.78, 5) is 23.2. The summed E-state index contributed by atoms with van der Waals surface area (Å²) in [6, 6.07) is 11.3. The van der Waals surface area contributed by atoms with Gasteiger partial charge in [-0.1, -0.05) is 24.3 Å². The van der Waals surface area contributed by atoms with Gasteiger partial charge >= 0.3 is 18.5 Å². The summed E-state index contributed by atoms with van der Waals surface area (Å²) in [5, 5.41) is 4.19. The largest absolute Gasteiger partial charge is 0.497 e. The maximum absolute atomic E-state index is 12.1. The molecule has 3 N–H and O–H groups in total. The van der Waals surface area contributed by atoms with Crippen LogP contribution in [0.5, 0.6) is 5.75 Å². The first kappa shape index (κ1) is 17.6. The SMILES string of the molecule is CNC(=O)OC(N)OC(=O)[C@@H](C)c1ccc2cc(OC)ccc2c1. The van der Waals surface area contributed by atoms with Gasteiger partial charge in [-0.25, -0.2) is 4.79 Å². The highest BCUT2D eigenvalue weighted by atomic mass is 16.7. The van der Waals surface area contributed by atoms with Crippen molar-refractivity contribution in [3.63, 3.8) is 0 Å². The van der Waals surface area contributed by atoms with Crippen molar-refractivity contribution < 1.29 is 23.8 Å². The highest BCUT2D eigenvalue weighted by Gasteiger charge is 2.21. The molecule has 2 aromatic rings. The zero-order chi connectivity index (χ0) is 17.7. The van der Waals surface area contributed by atoms with Gasteiger partial charge in [-0.2, -0.15) is 0 Å². The number of fused-ring (bicyclic) bond motifs is 1. The van der Waals surface area contributed by atoms with E-state index in [1.165, 1.54) is 7.05 Å². The van der Waals surface area contributed by atoms with Crippen LogP contribution in [0.2, 0.25) is 0 Å². The standard InChI is InChI=1S/C17H20N2O5/c1-10(15(20)23-16(18)24-17(21)19-2)11-4-5-13-9-14(22-3)7-6-12(13)8-11/h4-10,16H,18H2,1-3H3,(H,19,21)/t10-,16?/m0/s1. The number of amides is 1. The van der Waals surface area contributed by atoms with E-state index in [4.69, 9.17) is 15.2 Å². The van der Waals surface area contributed by atoms with E-state index in [1.54, 1.807) is 14.0 Å². The smallest absolute Gasteiger partial charge is 0.410 e. The quantitative estimate of drug-likeness (QED) is 0.642. The predicted molar refractivity (Wildman–Crippen MR) is 88.5 cm³/mol. The lowest BCUT2D eigenvalue weighted by Gasteiger charge is -2.17. The molecular weight excluding hydrogens is 312 g/mol. The molecule has 2 rings (SSSR count). The lowest BCUT2D eigenvalue weighted by atomic mass is 9.98. The van der Waals surface area contributed by atoms with Crippen molar-refractivity contribution in [1.82, 2.24) is 5.32 Å². The van der Waals surface area contributed by atoms with Crippen LogP contribution in [0.3, 0.4) is 0 Å². The Morgan fingerprint density at radius 3 is 2.42 bits per heavy atom. The molecule has 0 aliphatic heterocycles. The Hall–Kier alpha value is -2.80. The van der Waals surface area contributed by atoms with Crippen molar-refractivity contribution in [2.75, 3.05) is 14.2 Å². The van der Waals surface area contributed by atoms with Crippen molar-refractivity contribution in [3.8, 4) is 5.75 Å². The molecule has 128 valence electrons. The number of methoxy groups -OCH3 is 1. The van der Waals surface area contributed by atoms with Gasteiger partial charge in [0.05, 0.1) is 13.0 Å². The van der Waals surface area contributed by atoms with E-state index < -0.39 is 24.4 Å². The number of carbonyl (C=O) groups is 2. The molecule has 0 saturated carbocycles. The Balaban J connectivity index is 2.11. The van der Waals surface area contributed by atoms with E-state index in [0.717, 1.165) is 22.1 Å². The first-order valence-corrected chi connectivity index (χ1v) is 7.36. The summed E-state index contributed by atoms with van der Waals surface area (Å²) in [5.41, 5.74) is 6.22. The van der Waals surface area contributed by atoms with Crippen LogP contribution in [0.15, 0.2) is 36.4 Å². The average Bonchev–Trinajstić information content (AvgIpc) is 2.59. The Labute approximate surface area is 139 Å². The molecular formula is C17H20N2O5. The summed E-state index contributed by atoms with van der Waals surface area (Å²) in [5.74, 6) is -0.380. The molecule has 7 nitrogen and oxygen atoms in total. The summed E-state index contributed by atoms with van der Waals surface area (Å²) >= 11 is 0. The minimum Gasteiger partial charge on any atom is -0.497 e. The highest BCUT2D eigenvalue weighted by molar-refractivity contribution is 5.86. The third-order valence-electron chi connectivity index (χ3n) is 3.58. The second-order valence-corrected chi connectivity index (χ2v) is 5.15. The molecule has 0 saturated heterocycles. The number of nitrogens with one attached hydrogen (secondary N) is 1. The molecule has 0 radical (unpaired) electrons. The van der Waals surface area contributed by atoms with Crippen LogP contribution < -0.4 is 15.8 Å². The maximum atomic E-state index is 12.1. The zero-order valence-electron chi connectivity index (χ0n) is 13.7. The molecule has 1 unspecified atom stereocenters. The lowest BCUT2D eigenvalue weighted by Crippen LogP contribution is -2.36. The Morgan fingerprint density at radius 1 is 1.08 bits per heavy atom. The molecule has 2 atom stereocenters. The van der Waals surface area contributed by atoms with Crippen molar-refractivity contribution >= 4 is 22.8 Å². The fourth-order valence-electron chi connectivity index (χ4n) is 2.18. The van der Waals surface area contributed by atoms with Crippen LogP contribution in [-0.4, -0.2) is 32.6 Å². The molecule has 1 amide bonds. The molecule has 0 fully saturated rings. The van der Waals surface area contributed by atoms with Gasteiger partial charge in [-0.05, 0) is 35.4 Å². The Bertz CT molecular complexity index is 747. The fraction of sp³-hybridized carbons (Fsp3) is 0.294. The van der Waals surface area contributed by atoms with E-state index in [0.29, 0.717) is 0 Å². The third-order valence-corrected chi connectivity index (χ3v) is 3.58. The first-order valence-electron chi connectivity index (χ1n) is 7.36. The molecule has 0 spiro atoms. The van der Waals surface area contributed by atoms with Gasteiger partial charge in [0.2, 0.25) is 0 Å². The zero-order valence-corrected chi connectivity index (χ0v) is 13.7. The molecule has 0 aromatic heterocycles. The van der Waals surface area contributed by atoms with E-state index in [-0.39, 0.29) is 0 Å². The minimum absolute atomic E-state index is 0.559. The van der Waals surface area contributed by atoms with Crippen LogP contribution >= 0.6 is 0 Å². The minimum atomic E-state index is -1.45. The molecule has 7 heteroatoms. The fourth-order valence-corrected chi connectivity index (χ4v) is 2.18. The summed E-state index contributed by atoms with van der Waals surface area (Å²) < 4.78 is 14.7.